The number of ether oxygens (including phenoxy) is 4. The number of nitrogens with one attached hydrogen (secondary N) is 1. The summed E-state index contributed by atoms with van der Waals surface area (Å²) in [6.07, 6.45) is 4.78. The van der Waals surface area contributed by atoms with E-state index in [0.29, 0.717) is 52.4 Å². The van der Waals surface area contributed by atoms with E-state index in [4.69, 9.17) is 30.5 Å². The van der Waals surface area contributed by atoms with Gasteiger partial charge in [-0.25, -0.2) is 5.43 Å². The van der Waals surface area contributed by atoms with Crippen LogP contribution in [0.25, 0.3) is 0 Å². The zero-order chi connectivity index (χ0) is 30.4. The second kappa shape index (κ2) is 16.2. The number of nitrogens with zero attached hydrogens (tertiary/aromatic N) is 1. The summed E-state index contributed by atoms with van der Waals surface area (Å²) in [6.45, 7) is 5.12. The van der Waals surface area contributed by atoms with Crippen LogP contribution in [0.4, 0.5) is 0 Å². The number of amides is 1. The zero-order valence-corrected chi connectivity index (χ0v) is 25.5. The highest BCUT2D eigenvalue weighted by Crippen LogP contribution is 2.37. The molecule has 0 saturated carbocycles. The van der Waals surface area contributed by atoms with Crippen LogP contribution in [0.3, 0.4) is 0 Å². The van der Waals surface area contributed by atoms with E-state index >= 15 is 0 Å². The Labute approximate surface area is 258 Å². The molecule has 0 unspecified atom stereocenters. The van der Waals surface area contributed by atoms with E-state index in [9.17, 15) is 4.79 Å². The number of benzene rings is 4. The number of hydrogen-bond acceptors (Lipinski definition) is 6. The number of carbonyl (C=O) groups is 1. The molecule has 224 valence electrons. The highest BCUT2D eigenvalue weighted by molar-refractivity contribution is 6.32. The number of rotatable bonds is 15. The van der Waals surface area contributed by atoms with Crippen LogP contribution >= 0.6 is 11.6 Å². The Hall–Kier alpha value is -4.49. The van der Waals surface area contributed by atoms with Crippen molar-refractivity contribution in [3.63, 3.8) is 0 Å². The summed E-state index contributed by atoms with van der Waals surface area (Å²) in [5.74, 6) is 1.84. The summed E-state index contributed by atoms with van der Waals surface area (Å²) >= 11 is 6.61. The second-order valence-corrected chi connectivity index (χ2v) is 10.2. The van der Waals surface area contributed by atoms with E-state index in [2.05, 4.69) is 17.5 Å². The quantitative estimate of drug-likeness (QED) is 0.110. The smallest absolute Gasteiger partial charge is 0.271 e. The Morgan fingerprint density at radius 1 is 0.814 bits per heavy atom. The highest BCUT2D eigenvalue weighted by atomic mass is 35.5. The van der Waals surface area contributed by atoms with Crippen molar-refractivity contribution in [3.05, 3.63) is 118 Å². The van der Waals surface area contributed by atoms with E-state index in [1.165, 1.54) is 11.8 Å². The first-order valence-electron chi connectivity index (χ1n) is 14.4. The van der Waals surface area contributed by atoms with Gasteiger partial charge >= 0.3 is 0 Å². The lowest BCUT2D eigenvalue weighted by Gasteiger charge is -2.16. The molecule has 0 spiro atoms. The zero-order valence-electron chi connectivity index (χ0n) is 24.8. The Morgan fingerprint density at radius 2 is 1.56 bits per heavy atom. The fourth-order valence-electron chi connectivity index (χ4n) is 4.31. The van der Waals surface area contributed by atoms with Crippen LogP contribution in [-0.4, -0.2) is 25.8 Å². The highest BCUT2D eigenvalue weighted by Gasteiger charge is 2.14. The molecule has 0 saturated heterocycles. The van der Waals surface area contributed by atoms with E-state index in [-0.39, 0.29) is 12.5 Å². The molecular formula is C35H37ClN2O5. The van der Waals surface area contributed by atoms with E-state index < -0.39 is 0 Å². The van der Waals surface area contributed by atoms with Crippen molar-refractivity contribution in [2.45, 2.75) is 46.3 Å². The topological polar surface area (TPSA) is 78.4 Å². The molecule has 0 fully saturated rings. The SMILES string of the molecule is CCCCc1ccc(C(=O)N/N=C/c2cc(Cl)c(OCc3ccc(OCc4ccccc4)c(OC)c3)c(OCC)c2)cc1. The second-order valence-electron chi connectivity index (χ2n) is 9.81. The van der Waals surface area contributed by atoms with Crippen LogP contribution < -0.4 is 24.4 Å². The third kappa shape index (κ3) is 9.25. The largest absolute Gasteiger partial charge is 0.493 e. The van der Waals surface area contributed by atoms with Gasteiger partial charge in [0.25, 0.3) is 5.91 Å². The number of methoxy groups -OCH3 is 1. The fraction of sp³-hybridized carbons (Fsp3) is 0.257. The van der Waals surface area contributed by atoms with Gasteiger partial charge in [-0.3, -0.25) is 4.79 Å². The minimum atomic E-state index is -0.290. The maximum atomic E-state index is 12.5. The predicted octanol–water partition coefficient (Wildman–Crippen LogP) is 8.01. The molecule has 7 nitrogen and oxygen atoms in total. The molecule has 0 bridgehead atoms. The minimum absolute atomic E-state index is 0.232. The van der Waals surface area contributed by atoms with Crippen LogP contribution in [0.15, 0.2) is 90.0 Å². The molecule has 0 aliphatic rings. The summed E-state index contributed by atoms with van der Waals surface area (Å²) in [4.78, 5) is 12.5. The van der Waals surface area contributed by atoms with Gasteiger partial charge in [0, 0.05) is 5.56 Å². The van der Waals surface area contributed by atoms with E-state index in [1.807, 2.05) is 79.7 Å². The summed E-state index contributed by atoms with van der Waals surface area (Å²) in [5.41, 5.74) is 6.91. The number of hydrogen-bond donors (Lipinski definition) is 1. The summed E-state index contributed by atoms with van der Waals surface area (Å²) in [6, 6.07) is 26.6. The first-order chi connectivity index (χ1) is 21.0. The molecule has 0 aliphatic carbocycles. The van der Waals surface area contributed by atoms with Gasteiger partial charge in [-0.2, -0.15) is 5.10 Å². The maximum Gasteiger partial charge on any atom is 0.271 e. The summed E-state index contributed by atoms with van der Waals surface area (Å²) in [5, 5.41) is 4.47. The van der Waals surface area contributed by atoms with Crippen LogP contribution in [0.1, 0.15) is 59.3 Å². The number of halogens is 1. The molecular weight excluding hydrogens is 564 g/mol. The van der Waals surface area contributed by atoms with Crippen molar-refractivity contribution in [2.24, 2.45) is 5.10 Å². The van der Waals surface area contributed by atoms with Gasteiger partial charge in [0.15, 0.2) is 23.0 Å². The molecule has 0 heterocycles. The molecule has 4 aromatic carbocycles. The fourth-order valence-corrected chi connectivity index (χ4v) is 4.58. The van der Waals surface area contributed by atoms with Gasteiger partial charge in [-0.05, 0) is 78.4 Å². The third-order valence-corrected chi connectivity index (χ3v) is 6.88. The van der Waals surface area contributed by atoms with Gasteiger partial charge in [0.05, 0.1) is 25.0 Å². The van der Waals surface area contributed by atoms with Gasteiger partial charge < -0.3 is 18.9 Å². The standard InChI is InChI=1S/C35H37ClN2O5/c1-4-6-10-25-13-16-29(17-14-25)35(39)38-37-22-28-19-30(36)34(33(21-28)41-5-2)43-24-27-15-18-31(32(20-27)40-3)42-23-26-11-8-7-9-12-26/h7-9,11-22H,4-6,10,23-24H2,1-3H3,(H,38,39)/b37-22+. The van der Waals surface area contributed by atoms with Crippen molar-refractivity contribution in [3.8, 4) is 23.0 Å². The van der Waals surface area contributed by atoms with Gasteiger partial charge in [0.2, 0.25) is 0 Å². The number of hydrazone groups is 1. The van der Waals surface area contributed by atoms with E-state index in [1.54, 1.807) is 19.2 Å². The average Bonchev–Trinajstić information content (AvgIpc) is 3.03. The van der Waals surface area contributed by atoms with Gasteiger partial charge in [-0.1, -0.05) is 73.5 Å². The van der Waals surface area contributed by atoms with Gasteiger partial charge in [-0.15, -0.1) is 0 Å². The Kier molecular flexibility index (Phi) is 11.9. The summed E-state index contributed by atoms with van der Waals surface area (Å²) in [7, 11) is 1.60. The number of aryl methyl sites for hydroxylation is 1. The van der Waals surface area contributed by atoms with Crippen LogP contribution in [0.2, 0.25) is 5.02 Å². The van der Waals surface area contributed by atoms with Crippen LogP contribution in [0.5, 0.6) is 23.0 Å². The van der Waals surface area contributed by atoms with Crippen molar-refractivity contribution in [1.29, 1.82) is 0 Å². The van der Waals surface area contributed by atoms with Crippen molar-refractivity contribution >= 4 is 23.7 Å². The monoisotopic (exact) mass is 600 g/mol. The van der Waals surface area contributed by atoms with Gasteiger partial charge in [0.1, 0.15) is 13.2 Å². The maximum absolute atomic E-state index is 12.5. The van der Waals surface area contributed by atoms with Crippen molar-refractivity contribution < 1.29 is 23.7 Å². The lowest BCUT2D eigenvalue weighted by atomic mass is 10.1. The molecule has 8 heteroatoms. The minimum Gasteiger partial charge on any atom is -0.493 e. The molecule has 0 radical (unpaired) electrons. The molecule has 0 aliphatic heterocycles. The van der Waals surface area contributed by atoms with Crippen LogP contribution in [-0.2, 0) is 19.6 Å². The number of unbranched alkanes of at least 4 members (excludes halogenated alkanes) is 1. The third-order valence-electron chi connectivity index (χ3n) is 6.59. The van der Waals surface area contributed by atoms with E-state index in [0.717, 1.165) is 30.4 Å². The van der Waals surface area contributed by atoms with Crippen molar-refractivity contribution in [2.75, 3.05) is 13.7 Å². The van der Waals surface area contributed by atoms with Crippen LogP contribution in [0, 0.1) is 0 Å². The summed E-state index contributed by atoms with van der Waals surface area (Å²) < 4.78 is 23.4. The van der Waals surface area contributed by atoms with Crippen molar-refractivity contribution in [1.82, 2.24) is 5.43 Å². The lowest BCUT2D eigenvalue weighted by Crippen LogP contribution is -2.17. The lowest BCUT2D eigenvalue weighted by molar-refractivity contribution is 0.0955. The number of carbonyl (C=O) groups excluding carboxylic acids is 1. The molecule has 1 N–H and O–H groups in total. The average molecular weight is 601 g/mol. The molecule has 4 aromatic rings. The predicted molar refractivity (Wildman–Crippen MR) is 171 cm³/mol. The molecule has 43 heavy (non-hydrogen) atoms. The Bertz CT molecular complexity index is 1510. The molecule has 0 atom stereocenters. The first kappa shape index (κ1) is 31.4. The Morgan fingerprint density at radius 3 is 2.28 bits per heavy atom. The molecule has 4 rings (SSSR count). The normalized spacial score (nSPS) is 10.9. The molecule has 0 aromatic heterocycles. The molecule has 1 amide bonds. The first-order valence-corrected chi connectivity index (χ1v) is 14.7. The Balaban J connectivity index is 1.39.